The lowest BCUT2D eigenvalue weighted by molar-refractivity contribution is -0.123. The maximum Gasteiger partial charge on any atom is 0.337 e. The number of benzene rings is 2. The van der Waals surface area contributed by atoms with Crippen molar-refractivity contribution >= 4 is 69.7 Å². The SMILES string of the molecule is CCc1ccc(OCC(=O)N[C@@H](NC(=S)Nc2ccc(C(=O)OC)cc2)C(Cl)(Cl)Cl)cc1. The van der Waals surface area contributed by atoms with Crippen LogP contribution in [-0.2, 0) is 16.0 Å². The second-order valence-corrected chi connectivity index (χ2v) is 9.27. The van der Waals surface area contributed by atoms with E-state index >= 15 is 0 Å². The normalized spacial score (nSPS) is 11.8. The summed E-state index contributed by atoms with van der Waals surface area (Å²) in [5, 5.41) is 8.25. The first kappa shape index (κ1) is 26.0. The summed E-state index contributed by atoms with van der Waals surface area (Å²) < 4.78 is 8.21. The van der Waals surface area contributed by atoms with Gasteiger partial charge >= 0.3 is 5.97 Å². The number of esters is 1. The largest absolute Gasteiger partial charge is 0.484 e. The molecule has 0 aliphatic carbocycles. The summed E-state index contributed by atoms with van der Waals surface area (Å²) >= 11 is 23.2. The zero-order valence-corrected chi connectivity index (χ0v) is 20.4. The molecule has 1 atom stereocenters. The molecule has 0 aromatic heterocycles. The van der Waals surface area contributed by atoms with Gasteiger partial charge in [-0.15, -0.1) is 0 Å². The molecule has 0 saturated heterocycles. The monoisotopic (exact) mass is 517 g/mol. The van der Waals surface area contributed by atoms with Crippen LogP contribution in [0.15, 0.2) is 48.5 Å². The first-order valence-electron chi connectivity index (χ1n) is 9.46. The molecule has 0 aliphatic heterocycles. The van der Waals surface area contributed by atoms with E-state index in [0.717, 1.165) is 12.0 Å². The summed E-state index contributed by atoms with van der Waals surface area (Å²) in [6.07, 6.45) is -0.235. The molecule has 11 heteroatoms. The van der Waals surface area contributed by atoms with Crippen molar-refractivity contribution in [2.75, 3.05) is 19.0 Å². The Hall–Kier alpha value is -2.26. The van der Waals surface area contributed by atoms with Crippen LogP contribution in [-0.4, -0.2) is 40.7 Å². The van der Waals surface area contributed by atoms with Crippen LogP contribution in [0.4, 0.5) is 5.69 Å². The minimum Gasteiger partial charge on any atom is -0.484 e. The molecule has 172 valence electrons. The lowest BCUT2D eigenvalue weighted by Crippen LogP contribution is -2.56. The Balaban J connectivity index is 1.92. The van der Waals surface area contributed by atoms with Crippen molar-refractivity contribution in [3.63, 3.8) is 0 Å². The first-order valence-corrected chi connectivity index (χ1v) is 11.0. The molecule has 0 aliphatic rings. The topological polar surface area (TPSA) is 88.7 Å². The third-order valence-corrected chi connectivity index (χ3v) is 5.05. The molecule has 2 aromatic rings. The van der Waals surface area contributed by atoms with Crippen LogP contribution in [0.2, 0.25) is 0 Å². The van der Waals surface area contributed by atoms with Crippen LogP contribution in [0.25, 0.3) is 0 Å². The van der Waals surface area contributed by atoms with E-state index in [0.29, 0.717) is 17.0 Å². The molecule has 0 heterocycles. The van der Waals surface area contributed by atoms with Gasteiger partial charge in [-0.05, 0) is 60.6 Å². The van der Waals surface area contributed by atoms with E-state index in [9.17, 15) is 9.59 Å². The number of amides is 1. The molecule has 0 unspecified atom stereocenters. The molecule has 2 rings (SSSR count). The maximum absolute atomic E-state index is 12.3. The summed E-state index contributed by atoms with van der Waals surface area (Å²) in [7, 11) is 1.30. The molecule has 1 amide bonds. The average Bonchev–Trinajstić information content (AvgIpc) is 2.77. The number of thiocarbonyl (C=S) groups is 1. The molecule has 0 spiro atoms. The van der Waals surface area contributed by atoms with Crippen molar-refractivity contribution in [1.29, 1.82) is 0 Å². The minimum atomic E-state index is -1.90. The highest BCUT2D eigenvalue weighted by Crippen LogP contribution is 2.29. The fourth-order valence-electron chi connectivity index (χ4n) is 2.48. The summed E-state index contributed by atoms with van der Waals surface area (Å²) in [6.45, 7) is 1.77. The number of anilines is 1. The van der Waals surface area contributed by atoms with Crippen molar-refractivity contribution in [1.82, 2.24) is 10.6 Å². The summed E-state index contributed by atoms with van der Waals surface area (Å²) in [6, 6.07) is 13.8. The quantitative estimate of drug-likeness (QED) is 0.209. The van der Waals surface area contributed by atoms with Gasteiger partial charge in [0.2, 0.25) is 3.79 Å². The molecule has 0 radical (unpaired) electrons. The predicted molar refractivity (Wildman–Crippen MR) is 131 cm³/mol. The molecular formula is C21H22Cl3N3O4S. The van der Waals surface area contributed by atoms with Gasteiger partial charge in [0, 0.05) is 5.69 Å². The zero-order valence-electron chi connectivity index (χ0n) is 17.3. The number of aryl methyl sites for hydroxylation is 1. The van der Waals surface area contributed by atoms with Crippen molar-refractivity contribution in [2.24, 2.45) is 0 Å². The van der Waals surface area contributed by atoms with Gasteiger partial charge in [-0.2, -0.15) is 0 Å². The molecule has 3 N–H and O–H groups in total. The third kappa shape index (κ3) is 8.35. The van der Waals surface area contributed by atoms with Crippen LogP contribution in [0.1, 0.15) is 22.8 Å². The maximum atomic E-state index is 12.3. The molecule has 32 heavy (non-hydrogen) atoms. The Morgan fingerprint density at radius 3 is 2.19 bits per heavy atom. The standard InChI is InChI=1S/C21H22Cl3N3O4S/c1-3-13-4-10-16(11-5-13)31-12-17(28)26-19(21(22,23)24)27-20(32)25-15-8-6-14(7-9-15)18(29)30-2/h4-11,19H,3,12H2,1-2H3,(H,26,28)(H2,25,27,32)/t19-/m0/s1. The van der Waals surface area contributed by atoms with Gasteiger partial charge in [-0.1, -0.05) is 53.9 Å². The Labute approximate surface area is 206 Å². The highest BCUT2D eigenvalue weighted by atomic mass is 35.6. The number of nitrogens with one attached hydrogen (secondary N) is 3. The molecular weight excluding hydrogens is 497 g/mol. The summed E-state index contributed by atoms with van der Waals surface area (Å²) in [4.78, 5) is 23.8. The number of halogens is 3. The minimum absolute atomic E-state index is 0.0866. The van der Waals surface area contributed by atoms with Crippen LogP contribution in [0.5, 0.6) is 5.75 Å². The zero-order chi connectivity index (χ0) is 23.7. The van der Waals surface area contributed by atoms with Gasteiger partial charge in [0.15, 0.2) is 11.7 Å². The number of rotatable bonds is 8. The van der Waals surface area contributed by atoms with Gasteiger partial charge < -0.3 is 25.4 Å². The number of hydrogen-bond acceptors (Lipinski definition) is 5. The number of hydrogen-bond donors (Lipinski definition) is 3. The van der Waals surface area contributed by atoms with E-state index in [1.807, 2.05) is 19.1 Å². The number of carbonyl (C=O) groups excluding carboxylic acids is 2. The van der Waals surface area contributed by atoms with Crippen molar-refractivity contribution in [3.05, 3.63) is 59.7 Å². The Morgan fingerprint density at radius 2 is 1.66 bits per heavy atom. The fraction of sp³-hybridized carbons (Fsp3) is 0.286. The fourth-order valence-corrected chi connectivity index (χ4v) is 3.04. The highest BCUT2D eigenvalue weighted by Gasteiger charge is 2.34. The number of alkyl halides is 3. The van der Waals surface area contributed by atoms with E-state index in [4.69, 9.17) is 51.8 Å². The van der Waals surface area contributed by atoms with Crippen molar-refractivity contribution < 1.29 is 19.1 Å². The molecule has 7 nitrogen and oxygen atoms in total. The van der Waals surface area contributed by atoms with Crippen molar-refractivity contribution in [2.45, 2.75) is 23.3 Å². The van der Waals surface area contributed by atoms with Crippen LogP contribution < -0.4 is 20.7 Å². The average molecular weight is 519 g/mol. The van der Waals surface area contributed by atoms with E-state index in [2.05, 4.69) is 20.7 Å². The van der Waals surface area contributed by atoms with E-state index in [-0.39, 0.29) is 11.7 Å². The Morgan fingerprint density at radius 1 is 1.03 bits per heavy atom. The molecule has 0 saturated carbocycles. The van der Waals surface area contributed by atoms with Crippen LogP contribution in [0, 0.1) is 0 Å². The Kier molecular flexibility index (Phi) is 9.84. The molecule has 2 aromatic carbocycles. The van der Waals surface area contributed by atoms with Crippen LogP contribution >= 0.6 is 47.0 Å². The lowest BCUT2D eigenvalue weighted by Gasteiger charge is -2.27. The first-order chi connectivity index (χ1) is 15.1. The summed E-state index contributed by atoms with van der Waals surface area (Å²) in [5.41, 5.74) is 2.11. The second kappa shape index (κ2) is 12.1. The number of ether oxygens (including phenoxy) is 2. The second-order valence-electron chi connectivity index (χ2n) is 6.50. The van der Waals surface area contributed by atoms with Gasteiger partial charge in [0.1, 0.15) is 11.9 Å². The number of methoxy groups -OCH3 is 1. The third-order valence-electron chi connectivity index (χ3n) is 4.17. The van der Waals surface area contributed by atoms with E-state index in [1.165, 1.54) is 7.11 Å². The van der Waals surface area contributed by atoms with Gasteiger partial charge in [0.05, 0.1) is 12.7 Å². The highest BCUT2D eigenvalue weighted by molar-refractivity contribution is 7.80. The smallest absolute Gasteiger partial charge is 0.337 e. The number of carbonyl (C=O) groups is 2. The Bertz CT molecular complexity index is 935. The van der Waals surface area contributed by atoms with E-state index in [1.54, 1.807) is 36.4 Å². The molecule has 0 fully saturated rings. The lowest BCUT2D eigenvalue weighted by atomic mass is 10.2. The van der Waals surface area contributed by atoms with Crippen LogP contribution in [0.3, 0.4) is 0 Å². The van der Waals surface area contributed by atoms with Gasteiger partial charge in [-0.25, -0.2) is 4.79 Å². The predicted octanol–water partition coefficient (Wildman–Crippen LogP) is 4.21. The summed E-state index contributed by atoms with van der Waals surface area (Å²) in [5.74, 6) is -0.429. The molecule has 0 bridgehead atoms. The van der Waals surface area contributed by atoms with E-state index < -0.39 is 21.8 Å². The van der Waals surface area contributed by atoms with Gasteiger partial charge in [-0.3, -0.25) is 4.79 Å². The van der Waals surface area contributed by atoms with Crippen molar-refractivity contribution in [3.8, 4) is 5.75 Å². The van der Waals surface area contributed by atoms with Gasteiger partial charge in [0.25, 0.3) is 5.91 Å².